The summed E-state index contributed by atoms with van der Waals surface area (Å²) in [6.07, 6.45) is 9.74. The van der Waals surface area contributed by atoms with E-state index in [1.165, 1.54) is 30.0 Å². The molecule has 0 spiro atoms. The minimum absolute atomic E-state index is 0.0591. The third-order valence-electron chi connectivity index (χ3n) is 6.24. The zero-order chi connectivity index (χ0) is 20.1. The third-order valence-corrected chi connectivity index (χ3v) is 8.31. The molecule has 1 amide bonds. The van der Waals surface area contributed by atoms with Gasteiger partial charge in [0.15, 0.2) is 0 Å². The number of fused-ring (bicyclic) bond motifs is 1. The first-order chi connectivity index (χ1) is 13.5. The molecule has 154 valence electrons. The standard InChI is InChI=1S/C22H32N2O3S/c1-3-24(4-2)28(26,27)21-12-9-18(10-13-21)11-14-22(25)23-16-15-19-7-5-6-8-20(19)17-23/h9-14,19-20H,3-8,15-17H2,1-2H3/b14-11+/t19-,20-/m1/s1. The fourth-order valence-electron chi connectivity index (χ4n) is 4.54. The van der Waals surface area contributed by atoms with Gasteiger partial charge in [0.25, 0.3) is 0 Å². The van der Waals surface area contributed by atoms with E-state index in [1.54, 1.807) is 36.4 Å². The van der Waals surface area contributed by atoms with Gasteiger partial charge in [-0.05, 0) is 48.4 Å². The van der Waals surface area contributed by atoms with Crippen molar-refractivity contribution in [1.29, 1.82) is 0 Å². The highest BCUT2D eigenvalue weighted by atomic mass is 32.2. The Hall–Kier alpha value is -1.66. The summed E-state index contributed by atoms with van der Waals surface area (Å²) in [5.41, 5.74) is 0.833. The summed E-state index contributed by atoms with van der Waals surface area (Å²) in [5.74, 6) is 1.54. The van der Waals surface area contributed by atoms with E-state index in [2.05, 4.69) is 0 Å². The van der Waals surface area contributed by atoms with Gasteiger partial charge in [0.1, 0.15) is 0 Å². The van der Waals surface area contributed by atoms with Crippen LogP contribution in [0.2, 0.25) is 0 Å². The van der Waals surface area contributed by atoms with E-state index in [1.807, 2.05) is 18.7 Å². The Kier molecular flexibility index (Phi) is 6.94. The maximum absolute atomic E-state index is 12.6. The molecule has 1 aliphatic heterocycles. The van der Waals surface area contributed by atoms with Crippen LogP contribution in [0.3, 0.4) is 0 Å². The topological polar surface area (TPSA) is 57.7 Å². The van der Waals surface area contributed by atoms with Crippen molar-refractivity contribution in [2.45, 2.75) is 50.8 Å². The molecule has 28 heavy (non-hydrogen) atoms. The van der Waals surface area contributed by atoms with E-state index in [-0.39, 0.29) is 5.91 Å². The molecule has 1 aliphatic carbocycles. The van der Waals surface area contributed by atoms with Crippen molar-refractivity contribution in [1.82, 2.24) is 9.21 Å². The molecule has 1 heterocycles. The van der Waals surface area contributed by atoms with Gasteiger partial charge in [-0.2, -0.15) is 4.31 Å². The van der Waals surface area contributed by atoms with Gasteiger partial charge in [-0.25, -0.2) is 8.42 Å². The van der Waals surface area contributed by atoms with Crippen LogP contribution in [0.15, 0.2) is 35.2 Å². The number of nitrogens with zero attached hydrogens (tertiary/aromatic N) is 2. The highest BCUT2D eigenvalue weighted by Gasteiger charge is 2.32. The lowest BCUT2D eigenvalue weighted by atomic mass is 9.75. The Bertz CT molecular complexity index is 798. The molecule has 2 fully saturated rings. The summed E-state index contributed by atoms with van der Waals surface area (Å²) in [6.45, 7) is 6.30. The average Bonchev–Trinajstić information content (AvgIpc) is 2.72. The summed E-state index contributed by atoms with van der Waals surface area (Å²) in [6, 6.07) is 6.75. The van der Waals surface area contributed by atoms with E-state index in [0.29, 0.717) is 23.9 Å². The van der Waals surface area contributed by atoms with Crippen LogP contribution in [0.4, 0.5) is 0 Å². The van der Waals surface area contributed by atoms with Gasteiger partial charge in [-0.3, -0.25) is 4.79 Å². The highest BCUT2D eigenvalue weighted by Crippen LogP contribution is 2.36. The zero-order valence-electron chi connectivity index (χ0n) is 17.0. The molecule has 0 unspecified atom stereocenters. The number of carbonyl (C=O) groups excluding carboxylic acids is 1. The van der Waals surface area contributed by atoms with E-state index < -0.39 is 10.0 Å². The third kappa shape index (κ3) is 4.66. The molecule has 0 N–H and O–H groups in total. The molecular formula is C22H32N2O3S. The molecule has 1 saturated carbocycles. The first-order valence-corrected chi connectivity index (χ1v) is 12.0. The van der Waals surface area contributed by atoms with Gasteiger partial charge in [0.2, 0.25) is 15.9 Å². The minimum Gasteiger partial charge on any atom is -0.339 e. The molecule has 1 saturated heterocycles. The van der Waals surface area contributed by atoms with Crippen molar-refractivity contribution in [2.24, 2.45) is 11.8 Å². The first-order valence-electron chi connectivity index (χ1n) is 10.5. The molecule has 0 bridgehead atoms. The van der Waals surface area contributed by atoms with E-state index in [9.17, 15) is 13.2 Å². The average molecular weight is 405 g/mol. The Balaban J connectivity index is 1.62. The lowest BCUT2D eigenvalue weighted by molar-refractivity contribution is -0.128. The number of carbonyl (C=O) groups is 1. The summed E-state index contributed by atoms with van der Waals surface area (Å²) in [4.78, 5) is 14.8. The highest BCUT2D eigenvalue weighted by molar-refractivity contribution is 7.89. The van der Waals surface area contributed by atoms with Crippen LogP contribution >= 0.6 is 0 Å². The van der Waals surface area contributed by atoms with Gasteiger partial charge in [-0.1, -0.05) is 45.2 Å². The molecule has 0 radical (unpaired) electrons. The van der Waals surface area contributed by atoms with Crippen molar-refractivity contribution in [3.05, 3.63) is 35.9 Å². The molecule has 3 rings (SSSR count). The molecule has 1 aromatic carbocycles. The summed E-state index contributed by atoms with van der Waals surface area (Å²) < 4.78 is 26.5. The number of benzene rings is 1. The number of likely N-dealkylation sites (tertiary alicyclic amines) is 1. The Morgan fingerprint density at radius 3 is 2.36 bits per heavy atom. The molecule has 5 nitrogen and oxygen atoms in total. The van der Waals surface area contributed by atoms with Crippen LogP contribution in [-0.4, -0.2) is 49.7 Å². The molecule has 2 atom stereocenters. The number of amides is 1. The molecule has 0 aromatic heterocycles. The van der Waals surface area contributed by atoms with Crippen molar-refractivity contribution in [2.75, 3.05) is 26.2 Å². The second-order valence-corrected chi connectivity index (χ2v) is 9.81. The Morgan fingerprint density at radius 2 is 1.71 bits per heavy atom. The predicted molar refractivity (Wildman–Crippen MR) is 112 cm³/mol. The van der Waals surface area contributed by atoms with Crippen LogP contribution in [-0.2, 0) is 14.8 Å². The van der Waals surface area contributed by atoms with Gasteiger partial charge in [0, 0.05) is 32.3 Å². The quantitative estimate of drug-likeness (QED) is 0.678. The van der Waals surface area contributed by atoms with Crippen LogP contribution in [0.5, 0.6) is 0 Å². The van der Waals surface area contributed by atoms with Crippen LogP contribution < -0.4 is 0 Å². The SMILES string of the molecule is CCN(CC)S(=O)(=O)c1ccc(/C=C/C(=O)N2CC[C@H]3CCCC[C@@H]3C2)cc1. The minimum atomic E-state index is -3.44. The van der Waals surface area contributed by atoms with Gasteiger partial charge < -0.3 is 4.90 Å². The van der Waals surface area contributed by atoms with E-state index in [4.69, 9.17) is 0 Å². The summed E-state index contributed by atoms with van der Waals surface area (Å²) in [7, 11) is -3.44. The van der Waals surface area contributed by atoms with Crippen LogP contribution in [0.1, 0.15) is 51.5 Å². The smallest absolute Gasteiger partial charge is 0.246 e. The Labute approximate surface area is 169 Å². The van der Waals surface area contributed by atoms with Crippen LogP contribution in [0.25, 0.3) is 6.08 Å². The number of sulfonamides is 1. The molecule has 1 aromatic rings. The lowest BCUT2D eigenvalue weighted by Gasteiger charge is -2.41. The predicted octanol–water partition coefficient (Wildman–Crippen LogP) is 3.77. The summed E-state index contributed by atoms with van der Waals surface area (Å²) in [5, 5.41) is 0. The fourth-order valence-corrected chi connectivity index (χ4v) is 6.00. The number of rotatable bonds is 6. The lowest BCUT2D eigenvalue weighted by Crippen LogP contribution is -2.44. The van der Waals surface area contributed by atoms with Crippen molar-refractivity contribution in [3.63, 3.8) is 0 Å². The molecule has 6 heteroatoms. The number of piperidine rings is 1. The van der Waals surface area contributed by atoms with Gasteiger partial charge in [-0.15, -0.1) is 0 Å². The molecular weight excluding hydrogens is 372 g/mol. The number of hydrogen-bond acceptors (Lipinski definition) is 3. The number of hydrogen-bond donors (Lipinski definition) is 0. The monoisotopic (exact) mass is 404 g/mol. The largest absolute Gasteiger partial charge is 0.339 e. The maximum atomic E-state index is 12.6. The normalized spacial score (nSPS) is 23.2. The van der Waals surface area contributed by atoms with Crippen molar-refractivity contribution >= 4 is 22.0 Å². The zero-order valence-corrected chi connectivity index (χ0v) is 17.8. The van der Waals surface area contributed by atoms with Gasteiger partial charge >= 0.3 is 0 Å². The van der Waals surface area contributed by atoms with E-state index in [0.717, 1.165) is 31.0 Å². The van der Waals surface area contributed by atoms with Crippen molar-refractivity contribution < 1.29 is 13.2 Å². The van der Waals surface area contributed by atoms with E-state index >= 15 is 0 Å². The van der Waals surface area contributed by atoms with Crippen molar-refractivity contribution in [3.8, 4) is 0 Å². The second-order valence-electron chi connectivity index (χ2n) is 7.87. The first kappa shape index (κ1) is 21.1. The Morgan fingerprint density at radius 1 is 1.07 bits per heavy atom. The van der Waals surface area contributed by atoms with Crippen LogP contribution in [0, 0.1) is 11.8 Å². The fraction of sp³-hybridized carbons (Fsp3) is 0.591. The maximum Gasteiger partial charge on any atom is 0.246 e. The molecule has 2 aliphatic rings. The summed E-state index contributed by atoms with van der Waals surface area (Å²) >= 11 is 0. The second kappa shape index (κ2) is 9.23. The van der Waals surface area contributed by atoms with Gasteiger partial charge in [0.05, 0.1) is 4.90 Å².